The van der Waals surface area contributed by atoms with Crippen LogP contribution in [0.3, 0.4) is 0 Å². The van der Waals surface area contributed by atoms with Gasteiger partial charge in [-0.1, -0.05) is 12.1 Å². The molecule has 0 saturated carbocycles. The number of anilines is 2. The quantitative estimate of drug-likeness (QED) is 0.827. The average molecular weight is 352 g/mol. The predicted octanol–water partition coefficient (Wildman–Crippen LogP) is 3.41. The third-order valence-corrected chi connectivity index (χ3v) is 4.87. The lowest BCUT2D eigenvalue weighted by atomic mass is 10.1. The van der Waals surface area contributed by atoms with Gasteiger partial charge < -0.3 is 14.7 Å². The Bertz CT molecular complexity index is 753. The number of amides is 1. The highest BCUT2D eigenvalue weighted by Crippen LogP contribution is 2.23. The zero-order valence-electron chi connectivity index (χ0n) is 16.0. The van der Waals surface area contributed by atoms with Crippen LogP contribution in [0.25, 0.3) is 0 Å². The number of hydrogen-bond acceptors (Lipinski definition) is 4. The van der Waals surface area contributed by atoms with Crippen molar-refractivity contribution in [3.8, 4) is 0 Å². The van der Waals surface area contributed by atoms with E-state index in [-0.39, 0.29) is 5.91 Å². The number of likely N-dealkylation sites (tertiary alicyclic amines) is 1. The molecule has 1 aromatic carbocycles. The van der Waals surface area contributed by atoms with Crippen LogP contribution in [-0.2, 0) is 6.54 Å². The van der Waals surface area contributed by atoms with Gasteiger partial charge >= 0.3 is 0 Å². The molecule has 1 aliphatic heterocycles. The van der Waals surface area contributed by atoms with E-state index in [0.29, 0.717) is 12.1 Å². The van der Waals surface area contributed by atoms with Crippen LogP contribution in [0.1, 0.15) is 35.2 Å². The molecule has 26 heavy (non-hydrogen) atoms. The number of aromatic nitrogens is 1. The number of carbonyl (C=O) groups is 1. The van der Waals surface area contributed by atoms with Crippen LogP contribution in [0.2, 0.25) is 0 Å². The van der Waals surface area contributed by atoms with Crippen LogP contribution in [0.5, 0.6) is 0 Å². The van der Waals surface area contributed by atoms with Crippen molar-refractivity contribution in [2.24, 2.45) is 0 Å². The molecule has 0 unspecified atom stereocenters. The predicted molar refractivity (Wildman–Crippen MR) is 107 cm³/mol. The number of benzene rings is 1. The van der Waals surface area contributed by atoms with E-state index in [1.54, 1.807) is 6.20 Å². The molecule has 0 bridgehead atoms. The van der Waals surface area contributed by atoms with E-state index in [4.69, 9.17) is 0 Å². The minimum absolute atomic E-state index is 0.0988. The first kappa shape index (κ1) is 18.2. The Morgan fingerprint density at radius 2 is 1.85 bits per heavy atom. The minimum Gasteiger partial charge on any atom is -0.378 e. The van der Waals surface area contributed by atoms with E-state index in [1.807, 2.05) is 38.2 Å². The molecular weight excluding hydrogens is 324 g/mol. The maximum atomic E-state index is 13.0. The van der Waals surface area contributed by atoms with Gasteiger partial charge in [0.05, 0.1) is 5.56 Å². The van der Waals surface area contributed by atoms with Gasteiger partial charge in [-0.15, -0.1) is 0 Å². The van der Waals surface area contributed by atoms with Gasteiger partial charge in [-0.2, -0.15) is 0 Å². The summed E-state index contributed by atoms with van der Waals surface area (Å²) in [6.07, 6.45) is 5.16. The van der Waals surface area contributed by atoms with Crippen LogP contribution >= 0.6 is 0 Å². The Hall–Kier alpha value is -2.56. The number of pyridine rings is 1. The monoisotopic (exact) mass is 352 g/mol. The van der Waals surface area contributed by atoms with Crippen LogP contribution in [0.4, 0.5) is 11.5 Å². The Labute approximate surface area is 156 Å². The van der Waals surface area contributed by atoms with Gasteiger partial charge in [0.15, 0.2) is 0 Å². The molecule has 0 radical (unpaired) electrons. The Kier molecular flexibility index (Phi) is 5.76. The lowest BCUT2D eigenvalue weighted by molar-refractivity contribution is 0.0724. The van der Waals surface area contributed by atoms with Crippen LogP contribution < -0.4 is 9.80 Å². The number of nitrogens with zero attached hydrogens (tertiary/aromatic N) is 4. The maximum absolute atomic E-state index is 13.0. The minimum atomic E-state index is 0.0988. The highest BCUT2D eigenvalue weighted by atomic mass is 16.2. The fourth-order valence-electron chi connectivity index (χ4n) is 3.42. The summed E-state index contributed by atoms with van der Waals surface area (Å²) >= 11 is 0. The van der Waals surface area contributed by atoms with Crippen LogP contribution in [-0.4, -0.2) is 50.0 Å². The number of hydrogen-bond donors (Lipinski definition) is 0. The Morgan fingerprint density at radius 1 is 1.08 bits per heavy atom. The first-order chi connectivity index (χ1) is 12.6. The Balaban J connectivity index is 1.80. The molecule has 1 amide bonds. The third kappa shape index (κ3) is 4.15. The molecule has 5 heteroatoms. The molecule has 1 saturated heterocycles. The summed E-state index contributed by atoms with van der Waals surface area (Å²) in [7, 11) is 6.07. The summed E-state index contributed by atoms with van der Waals surface area (Å²) in [4.78, 5) is 23.6. The number of piperidine rings is 1. The lowest BCUT2D eigenvalue weighted by Gasteiger charge is -2.28. The van der Waals surface area contributed by atoms with E-state index in [9.17, 15) is 4.79 Å². The van der Waals surface area contributed by atoms with E-state index in [2.05, 4.69) is 39.0 Å². The zero-order valence-corrected chi connectivity index (χ0v) is 16.0. The largest absolute Gasteiger partial charge is 0.378 e. The normalized spacial score (nSPS) is 14.2. The average Bonchev–Trinajstić information content (AvgIpc) is 2.68. The molecule has 2 aromatic rings. The van der Waals surface area contributed by atoms with Crippen molar-refractivity contribution in [3.63, 3.8) is 0 Å². The SMILES string of the molecule is CN(C)c1cccc(CN(C)c2ncccc2C(=O)N2CCCCC2)c1. The summed E-state index contributed by atoms with van der Waals surface area (Å²) < 4.78 is 0. The fourth-order valence-corrected chi connectivity index (χ4v) is 3.42. The molecule has 0 atom stereocenters. The highest BCUT2D eigenvalue weighted by molar-refractivity contribution is 5.98. The second-order valence-electron chi connectivity index (χ2n) is 7.15. The van der Waals surface area contributed by atoms with Crippen LogP contribution in [0, 0.1) is 0 Å². The summed E-state index contributed by atoms with van der Waals surface area (Å²) in [5, 5.41) is 0. The highest BCUT2D eigenvalue weighted by Gasteiger charge is 2.22. The maximum Gasteiger partial charge on any atom is 0.257 e. The van der Waals surface area contributed by atoms with Crippen molar-refractivity contribution < 1.29 is 4.79 Å². The number of carbonyl (C=O) groups excluding carboxylic acids is 1. The molecule has 0 N–H and O–H groups in total. The summed E-state index contributed by atoms with van der Waals surface area (Å²) in [6, 6.07) is 12.2. The summed E-state index contributed by atoms with van der Waals surface area (Å²) in [6.45, 7) is 2.41. The van der Waals surface area contributed by atoms with Crippen molar-refractivity contribution in [2.45, 2.75) is 25.8 Å². The summed E-state index contributed by atoms with van der Waals surface area (Å²) in [5.41, 5.74) is 3.06. The first-order valence-electron chi connectivity index (χ1n) is 9.28. The van der Waals surface area contributed by atoms with Gasteiger partial charge in [-0.05, 0) is 49.1 Å². The molecule has 3 rings (SSSR count). The van der Waals surface area contributed by atoms with E-state index >= 15 is 0 Å². The van der Waals surface area contributed by atoms with E-state index < -0.39 is 0 Å². The van der Waals surface area contributed by atoms with Crippen molar-refractivity contribution in [1.82, 2.24) is 9.88 Å². The number of rotatable bonds is 5. The van der Waals surface area contributed by atoms with E-state index in [1.165, 1.54) is 17.7 Å². The van der Waals surface area contributed by atoms with Crippen molar-refractivity contribution >= 4 is 17.4 Å². The van der Waals surface area contributed by atoms with Crippen LogP contribution in [0.15, 0.2) is 42.6 Å². The molecule has 138 valence electrons. The molecule has 1 aliphatic rings. The third-order valence-electron chi connectivity index (χ3n) is 4.87. The van der Waals surface area contributed by atoms with Crippen molar-refractivity contribution in [3.05, 3.63) is 53.7 Å². The standard InChI is InChI=1S/C21H28N4O/c1-23(2)18-10-7-9-17(15-18)16-24(3)20-19(11-8-12-22-20)21(26)25-13-5-4-6-14-25/h7-12,15H,4-6,13-14,16H2,1-3H3. The smallest absolute Gasteiger partial charge is 0.257 e. The molecule has 0 aliphatic carbocycles. The molecule has 1 fully saturated rings. The van der Waals surface area contributed by atoms with Gasteiger partial charge in [0.2, 0.25) is 0 Å². The van der Waals surface area contributed by atoms with Crippen molar-refractivity contribution in [1.29, 1.82) is 0 Å². The van der Waals surface area contributed by atoms with Gasteiger partial charge in [0, 0.05) is 52.7 Å². The van der Waals surface area contributed by atoms with Gasteiger partial charge in [0.25, 0.3) is 5.91 Å². The fraction of sp³-hybridized carbons (Fsp3) is 0.429. The molecule has 5 nitrogen and oxygen atoms in total. The van der Waals surface area contributed by atoms with Gasteiger partial charge in [0.1, 0.15) is 5.82 Å². The molecule has 0 spiro atoms. The van der Waals surface area contributed by atoms with Crippen molar-refractivity contribution in [2.75, 3.05) is 44.0 Å². The second-order valence-corrected chi connectivity index (χ2v) is 7.15. The molecule has 2 heterocycles. The lowest BCUT2D eigenvalue weighted by Crippen LogP contribution is -2.36. The molecule has 1 aromatic heterocycles. The summed E-state index contributed by atoms with van der Waals surface area (Å²) in [5.74, 6) is 0.847. The Morgan fingerprint density at radius 3 is 2.58 bits per heavy atom. The molecular formula is C21H28N4O. The topological polar surface area (TPSA) is 39.7 Å². The van der Waals surface area contributed by atoms with Gasteiger partial charge in [-0.3, -0.25) is 4.79 Å². The van der Waals surface area contributed by atoms with E-state index in [0.717, 1.165) is 31.7 Å². The first-order valence-corrected chi connectivity index (χ1v) is 9.28. The zero-order chi connectivity index (χ0) is 18.5. The second kappa shape index (κ2) is 8.21. The van der Waals surface area contributed by atoms with Gasteiger partial charge in [-0.25, -0.2) is 4.98 Å².